The van der Waals surface area contributed by atoms with Gasteiger partial charge in [0.2, 0.25) is 0 Å². The zero-order valence-corrected chi connectivity index (χ0v) is 26.1. The summed E-state index contributed by atoms with van der Waals surface area (Å²) in [4.78, 5) is 2.86. The van der Waals surface area contributed by atoms with Gasteiger partial charge in [0.15, 0.2) is 8.32 Å². The third kappa shape index (κ3) is 11.8. The summed E-state index contributed by atoms with van der Waals surface area (Å²) in [5, 5.41) is 3.69. The highest BCUT2D eigenvalue weighted by Gasteiger charge is 2.40. The van der Waals surface area contributed by atoms with E-state index in [0.717, 1.165) is 17.4 Å². The van der Waals surface area contributed by atoms with Gasteiger partial charge >= 0.3 is 0 Å². The van der Waals surface area contributed by atoms with Gasteiger partial charge in [-0.15, -0.1) is 0 Å². The molecule has 0 bridgehead atoms. The fourth-order valence-electron chi connectivity index (χ4n) is 4.20. The van der Waals surface area contributed by atoms with Gasteiger partial charge in [0.1, 0.15) is 0 Å². The highest BCUT2D eigenvalue weighted by Crippen LogP contribution is 2.39. The summed E-state index contributed by atoms with van der Waals surface area (Å²) in [5.41, 5.74) is 10.8. The van der Waals surface area contributed by atoms with E-state index in [4.69, 9.17) is 18.9 Å². The second-order valence-electron chi connectivity index (χ2n) is 11.5. The lowest BCUT2D eigenvalue weighted by molar-refractivity contribution is 0.0369. The van der Waals surface area contributed by atoms with Crippen LogP contribution in [0, 0.1) is 5.92 Å². The van der Waals surface area contributed by atoms with Crippen LogP contribution in [0.25, 0.3) is 10.4 Å². The molecule has 0 aliphatic heterocycles. The Morgan fingerprint density at radius 3 is 2.18 bits per heavy atom. The first kappa shape index (κ1) is 33.0. The number of hydrogen-bond acceptors (Lipinski definition) is 6. The van der Waals surface area contributed by atoms with Crippen LogP contribution in [0.1, 0.15) is 57.1 Å². The lowest BCUT2D eigenvalue weighted by Crippen LogP contribution is -2.44. The summed E-state index contributed by atoms with van der Waals surface area (Å²) < 4.78 is 43.7. The minimum Gasteiger partial charge on any atom is -0.416 e. The number of hydrogen-bond donors (Lipinski definition) is 0. The molecule has 0 aliphatic carbocycles. The molecule has 3 atom stereocenters. The fourth-order valence-corrected chi connectivity index (χ4v) is 5.96. The zero-order valence-electron chi connectivity index (χ0n) is 24.2. The van der Waals surface area contributed by atoms with Gasteiger partial charge in [-0.05, 0) is 54.1 Å². The van der Waals surface area contributed by atoms with Gasteiger partial charge in [0, 0.05) is 36.5 Å². The molecule has 0 amide bonds. The maximum Gasteiger partial charge on any atom is 0.264 e. The Bertz CT molecular complexity index is 1130. The maximum atomic E-state index is 12.6. The first-order valence-electron chi connectivity index (χ1n) is 13.5. The second kappa shape index (κ2) is 15.5. The number of azide groups is 1. The molecule has 0 radical (unpaired) electrons. The predicted molar refractivity (Wildman–Crippen MR) is 160 cm³/mol. The van der Waals surface area contributed by atoms with Crippen LogP contribution in [0.3, 0.4) is 0 Å². The highest BCUT2D eigenvalue weighted by atomic mass is 32.2. The van der Waals surface area contributed by atoms with Gasteiger partial charge in [-0.1, -0.05) is 86.5 Å². The highest BCUT2D eigenvalue weighted by molar-refractivity contribution is 7.86. The normalized spacial score (nSPS) is 14.8. The van der Waals surface area contributed by atoms with Crippen molar-refractivity contribution in [2.24, 2.45) is 11.0 Å². The average molecular weight is 576 g/mol. The Kier molecular flexibility index (Phi) is 13.2. The van der Waals surface area contributed by atoms with Gasteiger partial charge in [-0.2, -0.15) is 8.42 Å². The van der Waals surface area contributed by atoms with Crippen LogP contribution in [-0.4, -0.2) is 48.9 Å². The van der Waals surface area contributed by atoms with E-state index in [0.29, 0.717) is 45.6 Å². The summed E-state index contributed by atoms with van der Waals surface area (Å²) in [6, 6.07) is 19.8. The summed E-state index contributed by atoms with van der Waals surface area (Å²) in [6.07, 6.45) is 2.21. The lowest BCUT2D eigenvalue weighted by Gasteiger charge is -2.39. The Balaban J connectivity index is 2.38. The van der Waals surface area contributed by atoms with Crippen molar-refractivity contribution in [3.63, 3.8) is 0 Å². The molecule has 2 aromatic rings. The van der Waals surface area contributed by atoms with Crippen molar-refractivity contribution in [1.82, 2.24) is 0 Å². The van der Waals surface area contributed by atoms with E-state index in [1.54, 1.807) is 0 Å². The summed E-state index contributed by atoms with van der Waals surface area (Å²) in [6.45, 7) is 12.5. The van der Waals surface area contributed by atoms with Gasteiger partial charge in [-0.25, -0.2) is 0 Å². The third-order valence-electron chi connectivity index (χ3n) is 7.42. The maximum absolute atomic E-state index is 12.6. The molecule has 0 N–H and O–H groups in total. The van der Waals surface area contributed by atoms with Crippen molar-refractivity contribution in [2.75, 3.05) is 26.0 Å². The zero-order chi connectivity index (χ0) is 28.9. The first-order chi connectivity index (χ1) is 18.3. The lowest BCUT2D eigenvalue weighted by atomic mass is 9.82. The van der Waals surface area contributed by atoms with E-state index in [1.807, 2.05) is 60.7 Å². The minimum absolute atomic E-state index is 0.00265. The van der Waals surface area contributed by atoms with E-state index in [-0.39, 0.29) is 16.9 Å². The predicted octanol–water partition coefficient (Wildman–Crippen LogP) is 7.45. The van der Waals surface area contributed by atoms with Crippen molar-refractivity contribution in [2.45, 2.75) is 76.8 Å². The van der Waals surface area contributed by atoms with E-state index in [2.05, 4.69) is 43.9 Å². The Hall–Kier alpha value is -2.20. The molecule has 0 spiro atoms. The molecule has 0 heterocycles. The monoisotopic (exact) mass is 575 g/mol. The van der Waals surface area contributed by atoms with Crippen LogP contribution >= 0.6 is 0 Å². The van der Waals surface area contributed by atoms with Crippen molar-refractivity contribution >= 4 is 18.4 Å². The smallest absolute Gasteiger partial charge is 0.264 e. The van der Waals surface area contributed by atoms with E-state index in [1.165, 1.54) is 0 Å². The molecule has 2 aromatic carbocycles. The molecule has 0 aliphatic rings. The molecule has 39 heavy (non-hydrogen) atoms. The van der Waals surface area contributed by atoms with Gasteiger partial charge in [-0.3, -0.25) is 4.18 Å². The van der Waals surface area contributed by atoms with E-state index < -0.39 is 24.5 Å². The Labute approximate surface area is 236 Å². The molecule has 0 saturated carbocycles. The quantitative estimate of drug-likeness (QED) is 0.0486. The molecule has 10 heteroatoms. The van der Waals surface area contributed by atoms with Crippen LogP contribution in [0.15, 0.2) is 65.8 Å². The van der Waals surface area contributed by atoms with Crippen molar-refractivity contribution in [3.8, 4) is 0 Å². The SMILES string of the molecule is CC(C)(C)[Si](C)(C)OC[C@@H](CCOCc1ccccc1)[C@@H](OS(C)(=O)=O)[C@@H](CCCN=[N+]=[N-])c1ccccc1. The van der Waals surface area contributed by atoms with Crippen molar-refractivity contribution in [1.29, 1.82) is 0 Å². The second-order valence-corrected chi connectivity index (χ2v) is 17.9. The van der Waals surface area contributed by atoms with Crippen LogP contribution in [0.5, 0.6) is 0 Å². The third-order valence-corrected chi connectivity index (χ3v) is 12.5. The van der Waals surface area contributed by atoms with E-state index >= 15 is 0 Å². The molecular weight excluding hydrogens is 530 g/mol. The molecule has 0 aromatic heterocycles. The molecule has 0 unspecified atom stereocenters. The molecule has 8 nitrogen and oxygen atoms in total. The Morgan fingerprint density at radius 1 is 1.00 bits per heavy atom. The van der Waals surface area contributed by atoms with Gasteiger partial charge in [0.05, 0.1) is 19.0 Å². The largest absolute Gasteiger partial charge is 0.416 e. The Morgan fingerprint density at radius 2 is 1.62 bits per heavy atom. The van der Waals surface area contributed by atoms with Crippen LogP contribution in [-0.2, 0) is 30.1 Å². The average Bonchev–Trinajstić information content (AvgIpc) is 2.87. The number of nitrogens with zero attached hydrogens (tertiary/aromatic N) is 3. The van der Waals surface area contributed by atoms with Crippen LogP contribution in [0.4, 0.5) is 0 Å². The summed E-state index contributed by atoms with van der Waals surface area (Å²) in [5.74, 6) is -0.480. The molecule has 2 rings (SSSR count). The van der Waals surface area contributed by atoms with Crippen LogP contribution < -0.4 is 0 Å². The topological polar surface area (TPSA) is 111 Å². The van der Waals surface area contributed by atoms with Gasteiger partial charge < -0.3 is 9.16 Å². The number of ether oxygens (including phenoxy) is 1. The van der Waals surface area contributed by atoms with Crippen LogP contribution in [0.2, 0.25) is 18.1 Å². The number of rotatable bonds is 17. The first-order valence-corrected chi connectivity index (χ1v) is 18.3. The minimum atomic E-state index is -3.78. The number of benzene rings is 2. The summed E-state index contributed by atoms with van der Waals surface area (Å²) >= 11 is 0. The van der Waals surface area contributed by atoms with E-state index in [9.17, 15) is 8.42 Å². The molecule has 0 saturated heterocycles. The van der Waals surface area contributed by atoms with Gasteiger partial charge in [0.25, 0.3) is 10.1 Å². The molecule has 216 valence electrons. The standard InChI is InChI=1S/C29H45N3O5SSi/c1-29(2,3)39(5,6)36-23-26(19-21-35-22-24-14-9-7-10-15-24)28(37-38(4,33)34)27(18-13-20-31-32-30)25-16-11-8-12-17-25/h7-12,14-17,26-28H,13,18-23H2,1-6H3/t26-,27+,28-/m1/s1. The van der Waals surface area contributed by atoms with Crippen molar-refractivity contribution in [3.05, 3.63) is 82.2 Å². The fraction of sp³-hybridized carbons (Fsp3) is 0.586. The molecular formula is C29H45N3O5SSi. The molecule has 0 fully saturated rings. The van der Waals surface area contributed by atoms with Crippen molar-refractivity contribution < 1.29 is 21.8 Å². The summed E-state index contributed by atoms with van der Waals surface area (Å²) in [7, 11) is -5.90.